The molecule has 100 valence electrons. The van der Waals surface area contributed by atoms with Crippen molar-refractivity contribution in [1.82, 2.24) is 0 Å². The molecule has 20 heavy (non-hydrogen) atoms. The van der Waals surface area contributed by atoms with Crippen molar-refractivity contribution in [2.24, 2.45) is 0 Å². The number of hydrogen-bond acceptors (Lipinski definition) is 3. The first-order valence-corrected chi connectivity index (χ1v) is 6.06. The molecule has 4 heteroatoms. The second-order valence-corrected chi connectivity index (χ2v) is 4.41. The molecule has 0 spiro atoms. The first-order chi connectivity index (χ1) is 9.60. The summed E-state index contributed by atoms with van der Waals surface area (Å²) >= 11 is 0. The Balaban J connectivity index is 2.20. The molecule has 0 heterocycles. The molecule has 2 aromatic rings. The molecule has 0 fully saturated rings. The lowest BCUT2D eigenvalue weighted by atomic mass is 10.1. The maximum absolute atomic E-state index is 11.1. The van der Waals surface area contributed by atoms with E-state index in [1.807, 2.05) is 13.0 Å². The zero-order valence-corrected chi connectivity index (χ0v) is 11.0. The van der Waals surface area contributed by atoms with Gasteiger partial charge in [0.25, 0.3) is 0 Å². The normalized spacial score (nSPS) is 9.80. The van der Waals surface area contributed by atoms with Crippen LogP contribution in [0.25, 0.3) is 0 Å². The number of aryl methyl sites for hydroxylation is 1. The molecule has 2 rings (SSSR count). The second-order valence-electron chi connectivity index (χ2n) is 4.41. The highest BCUT2D eigenvalue weighted by molar-refractivity contribution is 5.90. The van der Waals surface area contributed by atoms with Crippen molar-refractivity contribution < 1.29 is 14.6 Å². The monoisotopic (exact) mass is 267 g/mol. The Bertz CT molecular complexity index is 686. The summed E-state index contributed by atoms with van der Waals surface area (Å²) in [6.07, 6.45) is 0. The fraction of sp³-hybridized carbons (Fsp3) is 0.125. The van der Waals surface area contributed by atoms with E-state index in [9.17, 15) is 4.79 Å². The largest absolute Gasteiger partial charge is 0.488 e. The summed E-state index contributed by atoms with van der Waals surface area (Å²) in [5.41, 5.74) is 2.43. The highest BCUT2D eigenvalue weighted by atomic mass is 16.5. The van der Waals surface area contributed by atoms with Gasteiger partial charge in [-0.1, -0.05) is 18.2 Å². The van der Waals surface area contributed by atoms with Gasteiger partial charge < -0.3 is 9.84 Å². The molecular formula is C16H13NO3. The maximum atomic E-state index is 11.1. The van der Waals surface area contributed by atoms with Crippen LogP contribution in [0, 0.1) is 18.3 Å². The SMILES string of the molecule is Cc1ccc(C(=O)O)c(OCc2cccc(C#N)c2)c1. The number of nitrogens with zero attached hydrogens (tertiary/aromatic N) is 1. The number of carbonyl (C=O) groups is 1. The Morgan fingerprint density at radius 1 is 1.30 bits per heavy atom. The van der Waals surface area contributed by atoms with Gasteiger partial charge in [0, 0.05) is 0 Å². The standard InChI is InChI=1S/C16H13NO3/c1-11-5-6-14(16(18)19)15(7-11)20-10-13-4-2-3-12(8-13)9-17/h2-8H,10H2,1H3,(H,18,19). The molecule has 0 bridgehead atoms. The van der Waals surface area contributed by atoms with E-state index in [1.165, 1.54) is 6.07 Å². The van der Waals surface area contributed by atoms with Gasteiger partial charge in [-0.15, -0.1) is 0 Å². The van der Waals surface area contributed by atoms with Crippen LogP contribution in [0.15, 0.2) is 42.5 Å². The van der Waals surface area contributed by atoms with Gasteiger partial charge in [0.2, 0.25) is 0 Å². The van der Waals surface area contributed by atoms with Crippen LogP contribution in [-0.4, -0.2) is 11.1 Å². The van der Waals surface area contributed by atoms with Gasteiger partial charge in [-0.2, -0.15) is 5.26 Å². The van der Waals surface area contributed by atoms with Crippen molar-refractivity contribution in [1.29, 1.82) is 5.26 Å². The third-order valence-electron chi connectivity index (χ3n) is 2.82. The van der Waals surface area contributed by atoms with Crippen molar-refractivity contribution in [3.8, 4) is 11.8 Å². The Morgan fingerprint density at radius 3 is 2.80 bits per heavy atom. The molecule has 2 aromatic carbocycles. The van der Waals surface area contributed by atoms with Gasteiger partial charge in [0.05, 0.1) is 11.6 Å². The van der Waals surface area contributed by atoms with Crippen molar-refractivity contribution in [3.05, 3.63) is 64.7 Å². The smallest absolute Gasteiger partial charge is 0.339 e. The van der Waals surface area contributed by atoms with Crippen LogP contribution in [0.2, 0.25) is 0 Å². The van der Waals surface area contributed by atoms with E-state index in [0.29, 0.717) is 11.3 Å². The molecule has 4 nitrogen and oxygen atoms in total. The molecule has 0 amide bonds. The minimum absolute atomic E-state index is 0.132. The molecule has 0 aromatic heterocycles. The molecular weight excluding hydrogens is 254 g/mol. The van der Waals surface area contributed by atoms with Gasteiger partial charge in [0.15, 0.2) is 0 Å². The quantitative estimate of drug-likeness (QED) is 0.923. The highest BCUT2D eigenvalue weighted by Gasteiger charge is 2.11. The van der Waals surface area contributed by atoms with E-state index < -0.39 is 5.97 Å². The molecule has 0 radical (unpaired) electrons. The third-order valence-corrected chi connectivity index (χ3v) is 2.82. The zero-order chi connectivity index (χ0) is 14.5. The first-order valence-electron chi connectivity index (χ1n) is 6.06. The Morgan fingerprint density at radius 2 is 2.10 bits per heavy atom. The number of rotatable bonds is 4. The number of ether oxygens (including phenoxy) is 1. The van der Waals surface area contributed by atoms with E-state index in [0.717, 1.165) is 11.1 Å². The van der Waals surface area contributed by atoms with Gasteiger partial charge in [0.1, 0.15) is 17.9 Å². The Labute approximate surface area is 116 Å². The van der Waals surface area contributed by atoms with Crippen LogP contribution in [0.5, 0.6) is 5.75 Å². The number of carboxylic acids is 1. The lowest BCUT2D eigenvalue weighted by molar-refractivity contribution is 0.0691. The molecule has 0 aliphatic carbocycles. The maximum Gasteiger partial charge on any atom is 0.339 e. The van der Waals surface area contributed by atoms with Crippen LogP contribution >= 0.6 is 0 Å². The second kappa shape index (κ2) is 5.89. The van der Waals surface area contributed by atoms with E-state index in [-0.39, 0.29) is 12.2 Å². The predicted molar refractivity (Wildman–Crippen MR) is 73.6 cm³/mol. The highest BCUT2D eigenvalue weighted by Crippen LogP contribution is 2.21. The summed E-state index contributed by atoms with van der Waals surface area (Å²) in [4.78, 5) is 11.1. The van der Waals surface area contributed by atoms with Gasteiger partial charge >= 0.3 is 5.97 Å². The number of nitriles is 1. The average molecular weight is 267 g/mol. The van der Waals surface area contributed by atoms with Crippen molar-refractivity contribution in [2.45, 2.75) is 13.5 Å². The molecule has 0 saturated carbocycles. The number of aromatic carboxylic acids is 1. The Hall–Kier alpha value is -2.80. The average Bonchev–Trinajstić information content (AvgIpc) is 2.45. The minimum Gasteiger partial charge on any atom is -0.488 e. The lowest BCUT2D eigenvalue weighted by Crippen LogP contribution is -2.04. The summed E-state index contributed by atoms with van der Waals surface area (Å²) in [6.45, 7) is 2.09. The van der Waals surface area contributed by atoms with Crippen molar-refractivity contribution in [2.75, 3.05) is 0 Å². The van der Waals surface area contributed by atoms with Gasteiger partial charge in [-0.25, -0.2) is 4.79 Å². The summed E-state index contributed by atoms with van der Waals surface area (Å²) in [5, 5.41) is 17.9. The van der Waals surface area contributed by atoms with E-state index in [2.05, 4.69) is 6.07 Å². The first kappa shape index (κ1) is 13.6. The minimum atomic E-state index is -1.02. The third kappa shape index (κ3) is 3.15. The van der Waals surface area contributed by atoms with E-state index in [1.54, 1.807) is 30.3 Å². The number of hydrogen-bond donors (Lipinski definition) is 1. The summed E-state index contributed by atoms with van der Waals surface area (Å²) in [6, 6.07) is 14.0. The number of carboxylic acid groups (broad SMARTS) is 1. The molecule has 1 N–H and O–H groups in total. The van der Waals surface area contributed by atoms with Crippen LogP contribution in [-0.2, 0) is 6.61 Å². The topological polar surface area (TPSA) is 70.3 Å². The zero-order valence-electron chi connectivity index (χ0n) is 11.0. The number of benzene rings is 2. The molecule has 0 saturated heterocycles. The Kier molecular flexibility index (Phi) is 4.02. The van der Waals surface area contributed by atoms with Crippen LogP contribution in [0.1, 0.15) is 27.0 Å². The summed E-state index contributed by atoms with van der Waals surface area (Å²) in [7, 11) is 0. The van der Waals surface area contributed by atoms with Crippen molar-refractivity contribution >= 4 is 5.97 Å². The summed E-state index contributed by atoms with van der Waals surface area (Å²) in [5.74, 6) is -0.689. The van der Waals surface area contributed by atoms with Crippen LogP contribution in [0.3, 0.4) is 0 Å². The predicted octanol–water partition coefficient (Wildman–Crippen LogP) is 3.14. The lowest BCUT2D eigenvalue weighted by Gasteiger charge is -2.10. The van der Waals surface area contributed by atoms with E-state index in [4.69, 9.17) is 15.1 Å². The van der Waals surface area contributed by atoms with E-state index >= 15 is 0 Å². The molecule has 0 atom stereocenters. The van der Waals surface area contributed by atoms with Crippen molar-refractivity contribution in [3.63, 3.8) is 0 Å². The van der Waals surface area contributed by atoms with Gasteiger partial charge in [-0.3, -0.25) is 0 Å². The fourth-order valence-corrected chi connectivity index (χ4v) is 1.82. The molecule has 0 aliphatic rings. The molecule has 0 aliphatic heterocycles. The molecule has 0 unspecified atom stereocenters. The van der Waals surface area contributed by atoms with Gasteiger partial charge in [-0.05, 0) is 42.3 Å². The summed E-state index contributed by atoms with van der Waals surface area (Å²) < 4.78 is 5.57. The van der Waals surface area contributed by atoms with Crippen LogP contribution < -0.4 is 4.74 Å². The van der Waals surface area contributed by atoms with Crippen LogP contribution in [0.4, 0.5) is 0 Å². The fourth-order valence-electron chi connectivity index (χ4n) is 1.82.